The van der Waals surface area contributed by atoms with Crippen LogP contribution in [0.25, 0.3) is 0 Å². The van der Waals surface area contributed by atoms with Gasteiger partial charge in [0.15, 0.2) is 0 Å². The molecule has 0 unspecified atom stereocenters. The predicted octanol–water partition coefficient (Wildman–Crippen LogP) is 0.723. The zero-order chi connectivity index (χ0) is 12.1. The van der Waals surface area contributed by atoms with Crippen LogP contribution in [0.4, 0.5) is 0 Å². The van der Waals surface area contributed by atoms with Crippen LogP contribution in [0.3, 0.4) is 0 Å². The third-order valence-electron chi connectivity index (χ3n) is 2.48. The first-order valence-electron chi connectivity index (χ1n) is 5.36. The van der Waals surface area contributed by atoms with Crippen molar-refractivity contribution in [3.05, 3.63) is 17.5 Å². The SMILES string of the molecule is CCOC(=O)CN(C)Cc1cnn(C)c1C. The summed E-state index contributed by atoms with van der Waals surface area (Å²) in [6.45, 7) is 5.27. The molecule has 0 saturated carbocycles. The normalized spacial score (nSPS) is 10.8. The van der Waals surface area contributed by atoms with E-state index in [1.54, 1.807) is 0 Å². The number of esters is 1. The van der Waals surface area contributed by atoms with Gasteiger partial charge in [0, 0.05) is 24.8 Å². The van der Waals surface area contributed by atoms with Gasteiger partial charge in [-0.25, -0.2) is 0 Å². The third-order valence-corrected chi connectivity index (χ3v) is 2.48. The summed E-state index contributed by atoms with van der Waals surface area (Å²) in [5.74, 6) is -0.188. The van der Waals surface area contributed by atoms with Gasteiger partial charge in [0.2, 0.25) is 0 Å². The van der Waals surface area contributed by atoms with E-state index in [-0.39, 0.29) is 5.97 Å². The molecule has 0 amide bonds. The molecule has 0 atom stereocenters. The number of aromatic nitrogens is 2. The fourth-order valence-corrected chi connectivity index (χ4v) is 1.47. The Morgan fingerprint density at radius 1 is 1.62 bits per heavy atom. The molecule has 1 aromatic heterocycles. The lowest BCUT2D eigenvalue weighted by atomic mass is 10.2. The van der Waals surface area contributed by atoms with Gasteiger partial charge in [-0.15, -0.1) is 0 Å². The van der Waals surface area contributed by atoms with E-state index in [9.17, 15) is 4.79 Å². The van der Waals surface area contributed by atoms with Gasteiger partial charge in [0.05, 0.1) is 19.3 Å². The highest BCUT2D eigenvalue weighted by Crippen LogP contribution is 2.08. The molecular formula is C11H19N3O2. The van der Waals surface area contributed by atoms with Gasteiger partial charge in [-0.2, -0.15) is 5.10 Å². The zero-order valence-electron chi connectivity index (χ0n) is 10.4. The summed E-state index contributed by atoms with van der Waals surface area (Å²) in [6.07, 6.45) is 1.83. The Hall–Kier alpha value is -1.36. The van der Waals surface area contributed by atoms with Crippen molar-refractivity contribution in [3.8, 4) is 0 Å². The summed E-state index contributed by atoms with van der Waals surface area (Å²) >= 11 is 0. The molecule has 0 spiro atoms. The molecule has 0 aliphatic carbocycles. The molecule has 5 heteroatoms. The minimum absolute atomic E-state index is 0.188. The van der Waals surface area contributed by atoms with Crippen LogP contribution in [-0.2, 0) is 23.1 Å². The number of likely N-dealkylation sites (N-methyl/N-ethyl adjacent to an activating group) is 1. The third kappa shape index (κ3) is 3.34. The Morgan fingerprint density at radius 3 is 2.81 bits per heavy atom. The van der Waals surface area contributed by atoms with Gasteiger partial charge in [0.25, 0.3) is 0 Å². The predicted molar refractivity (Wildman–Crippen MR) is 60.9 cm³/mol. The van der Waals surface area contributed by atoms with Crippen LogP contribution in [0.1, 0.15) is 18.2 Å². The maximum Gasteiger partial charge on any atom is 0.320 e. The number of carbonyl (C=O) groups is 1. The van der Waals surface area contributed by atoms with Crippen molar-refractivity contribution in [1.82, 2.24) is 14.7 Å². The largest absolute Gasteiger partial charge is 0.465 e. The quantitative estimate of drug-likeness (QED) is 0.693. The lowest BCUT2D eigenvalue weighted by Gasteiger charge is -2.14. The summed E-state index contributed by atoms with van der Waals surface area (Å²) in [5, 5.41) is 4.16. The van der Waals surface area contributed by atoms with Crippen molar-refractivity contribution in [2.45, 2.75) is 20.4 Å². The lowest BCUT2D eigenvalue weighted by Crippen LogP contribution is -2.27. The molecule has 0 bridgehead atoms. The average Bonchev–Trinajstić information content (AvgIpc) is 2.50. The Balaban J connectivity index is 2.48. The Bertz CT molecular complexity index is 360. The highest BCUT2D eigenvalue weighted by molar-refractivity contribution is 5.71. The minimum Gasteiger partial charge on any atom is -0.465 e. The first-order valence-corrected chi connectivity index (χ1v) is 5.36. The van der Waals surface area contributed by atoms with Gasteiger partial charge in [-0.1, -0.05) is 0 Å². The number of nitrogens with zero attached hydrogens (tertiary/aromatic N) is 3. The summed E-state index contributed by atoms with van der Waals surface area (Å²) in [5.41, 5.74) is 2.25. The standard InChI is InChI=1S/C11H19N3O2/c1-5-16-11(15)8-13(3)7-10-6-12-14(4)9(10)2/h6H,5,7-8H2,1-4H3. The van der Waals surface area contributed by atoms with Crippen LogP contribution in [0.15, 0.2) is 6.20 Å². The van der Waals surface area contributed by atoms with Crippen molar-refractivity contribution in [1.29, 1.82) is 0 Å². The molecule has 1 rings (SSSR count). The molecule has 0 fully saturated rings. The second-order valence-corrected chi connectivity index (χ2v) is 3.86. The smallest absolute Gasteiger partial charge is 0.320 e. The first-order chi connectivity index (χ1) is 7.54. The molecule has 0 radical (unpaired) electrons. The van der Waals surface area contributed by atoms with Crippen molar-refractivity contribution in [3.63, 3.8) is 0 Å². The topological polar surface area (TPSA) is 47.4 Å². The number of hydrogen-bond acceptors (Lipinski definition) is 4. The number of rotatable bonds is 5. The van der Waals surface area contributed by atoms with E-state index in [2.05, 4.69) is 5.10 Å². The zero-order valence-corrected chi connectivity index (χ0v) is 10.4. The van der Waals surface area contributed by atoms with Crippen molar-refractivity contribution in [2.75, 3.05) is 20.2 Å². The molecular weight excluding hydrogens is 206 g/mol. The van der Waals surface area contributed by atoms with Crippen molar-refractivity contribution < 1.29 is 9.53 Å². The van der Waals surface area contributed by atoms with Crippen LogP contribution in [0, 0.1) is 6.92 Å². The fourth-order valence-electron chi connectivity index (χ4n) is 1.47. The molecule has 0 saturated heterocycles. The number of aryl methyl sites for hydroxylation is 1. The molecule has 0 aliphatic heterocycles. The van der Waals surface area contributed by atoms with Gasteiger partial charge in [-0.3, -0.25) is 14.4 Å². The molecule has 0 aliphatic rings. The summed E-state index contributed by atoms with van der Waals surface area (Å²) < 4.78 is 6.71. The maximum absolute atomic E-state index is 11.2. The molecule has 1 aromatic rings. The van der Waals surface area contributed by atoms with E-state index in [4.69, 9.17) is 4.74 Å². The van der Waals surface area contributed by atoms with Gasteiger partial charge in [-0.05, 0) is 20.9 Å². The molecule has 0 aromatic carbocycles. The van der Waals surface area contributed by atoms with Crippen LogP contribution in [0.2, 0.25) is 0 Å². The number of ether oxygens (including phenoxy) is 1. The highest BCUT2D eigenvalue weighted by atomic mass is 16.5. The first kappa shape index (κ1) is 12.7. The second-order valence-electron chi connectivity index (χ2n) is 3.86. The maximum atomic E-state index is 11.2. The molecule has 90 valence electrons. The van der Waals surface area contributed by atoms with E-state index >= 15 is 0 Å². The lowest BCUT2D eigenvalue weighted by molar-refractivity contribution is -0.144. The van der Waals surface area contributed by atoms with Crippen LogP contribution >= 0.6 is 0 Å². The van der Waals surface area contributed by atoms with Crippen LogP contribution in [-0.4, -0.2) is 40.8 Å². The number of carbonyl (C=O) groups excluding carboxylic acids is 1. The Kier molecular flexibility index (Phi) is 4.49. The summed E-state index contributed by atoms with van der Waals surface area (Å²) in [7, 11) is 3.80. The minimum atomic E-state index is -0.188. The Labute approximate surface area is 96.0 Å². The van der Waals surface area contributed by atoms with E-state index < -0.39 is 0 Å². The summed E-state index contributed by atoms with van der Waals surface area (Å²) in [6, 6.07) is 0. The van der Waals surface area contributed by atoms with Gasteiger partial charge >= 0.3 is 5.97 Å². The molecule has 16 heavy (non-hydrogen) atoms. The number of hydrogen-bond donors (Lipinski definition) is 0. The van der Waals surface area contributed by atoms with Crippen molar-refractivity contribution in [2.24, 2.45) is 7.05 Å². The van der Waals surface area contributed by atoms with Gasteiger partial charge < -0.3 is 4.74 Å². The average molecular weight is 225 g/mol. The van der Waals surface area contributed by atoms with E-state index in [1.807, 2.05) is 43.7 Å². The van der Waals surface area contributed by atoms with Crippen LogP contribution in [0.5, 0.6) is 0 Å². The molecule has 1 heterocycles. The van der Waals surface area contributed by atoms with Crippen LogP contribution < -0.4 is 0 Å². The highest BCUT2D eigenvalue weighted by Gasteiger charge is 2.10. The monoisotopic (exact) mass is 225 g/mol. The van der Waals surface area contributed by atoms with E-state index in [0.29, 0.717) is 19.7 Å². The Morgan fingerprint density at radius 2 is 2.31 bits per heavy atom. The second kappa shape index (κ2) is 5.65. The van der Waals surface area contributed by atoms with E-state index in [0.717, 1.165) is 11.3 Å². The molecule has 5 nitrogen and oxygen atoms in total. The summed E-state index contributed by atoms with van der Waals surface area (Å²) in [4.78, 5) is 13.2. The van der Waals surface area contributed by atoms with Gasteiger partial charge in [0.1, 0.15) is 0 Å². The van der Waals surface area contributed by atoms with E-state index in [1.165, 1.54) is 0 Å². The fraction of sp³-hybridized carbons (Fsp3) is 0.636. The molecule has 0 N–H and O–H groups in total. The van der Waals surface area contributed by atoms with Crippen molar-refractivity contribution >= 4 is 5.97 Å².